The standard InChI is InChI=1S/C16H10O3/c17-16-12-4-2-1-3-10(12)5-6-11-7-14-15(8-13(11)16)19-9-18-14/h1-8H,9H2. The van der Waals surface area contributed by atoms with Crippen molar-refractivity contribution in [2.24, 2.45) is 0 Å². The first kappa shape index (κ1) is 10.4. The van der Waals surface area contributed by atoms with Gasteiger partial charge < -0.3 is 9.47 Å². The fraction of sp³-hybridized carbons (Fsp3) is 0.0625. The summed E-state index contributed by atoms with van der Waals surface area (Å²) >= 11 is 0. The molecule has 0 aliphatic carbocycles. The van der Waals surface area contributed by atoms with Crippen LogP contribution >= 0.6 is 0 Å². The van der Waals surface area contributed by atoms with Crippen molar-refractivity contribution in [3.8, 4) is 11.5 Å². The van der Waals surface area contributed by atoms with Crippen molar-refractivity contribution in [2.45, 2.75) is 0 Å². The lowest BCUT2D eigenvalue weighted by Gasteiger charge is -1.97. The Hall–Kier alpha value is -2.55. The average Bonchev–Trinajstić information content (AvgIpc) is 2.85. The van der Waals surface area contributed by atoms with E-state index in [1.165, 1.54) is 0 Å². The molecule has 3 aromatic rings. The number of ether oxygens (including phenoxy) is 2. The van der Waals surface area contributed by atoms with Gasteiger partial charge in [-0.2, -0.15) is 0 Å². The largest absolute Gasteiger partial charge is 0.454 e. The van der Waals surface area contributed by atoms with Crippen LogP contribution in [0.25, 0.3) is 21.5 Å². The fourth-order valence-corrected chi connectivity index (χ4v) is 2.47. The highest BCUT2D eigenvalue weighted by Gasteiger charge is 2.15. The van der Waals surface area contributed by atoms with Crippen LogP contribution in [0.2, 0.25) is 0 Å². The van der Waals surface area contributed by atoms with Crippen molar-refractivity contribution in [3.05, 3.63) is 58.8 Å². The van der Waals surface area contributed by atoms with Crippen LogP contribution in [0.5, 0.6) is 11.5 Å². The second kappa shape index (κ2) is 3.72. The Kier molecular flexibility index (Phi) is 2.03. The van der Waals surface area contributed by atoms with Crippen LogP contribution < -0.4 is 14.9 Å². The van der Waals surface area contributed by atoms with Crippen molar-refractivity contribution >= 4 is 21.5 Å². The van der Waals surface area contributed by atoms with Gasteiger partial charge in [0, 0.05) is 10.8 Å². The summed E-state index contributed by atoms with van der Waals surface area (Å²) in [6, 6.07) is 15.1. The van der Waals surface area contributed by atoms with Gasteiger partial charge >= 0.3 is 0 Å². The summed E-state index contributed by atoms with van der Waals surface area (Å²) in [4.78, 5) is 12.6. The first-order valence-corrected chi connectivity index (χ1v) is 6.08. The van der Waals surface area contributed by atoms with Crippen LogP contribution in [0.4, 0.5) is 0 Å². The van der Waals surface area contributed by atoms with Gasteiger partial charge in [-0.1, -0.05) is 36.4 Å². The van der Waals surface area contributed by atoms with Gasteiger partial charge in [-0.05, 0) is 22.9 Å². The Morgan fingerprint density at radius 1 is 0.789 bits per heavy atom. The monoisotopic (exact) mass is 250 g/mol. The van der Waals surface area contributed by atoms with E-state index in [4.69, 9.17) is 9.47 Å². The molecule has 0 N–H and O–H groups in total. The first-order chi connectivity index (χ1) is 9.33. The highest BCUT2D eigenvalue weighted by molar-refractivity contribution is 5.94. The predicted octanol–water partition coefficient (Wildman–Crippen LogP) is 3.08. The second-order valence-electron chi connectivity index (χ2n) is 4.54. The maximum atomic E-state index is 12.6. The molecule has 19 heavy (non-hydrogen) atoms. The van der Waals surface area contributed by atoms with E-state index in [1.54, 1.807) is 6.07 Å². The SMILES string of the molecule is O=c1c2ccccc2ccc2cc3c(cc12)OCO3. The Bertz CT molecular complexity index is 868. The summed E-state index contributed by atoms with van der Waals surface area (Å²) in [5.41, 5.74) is 0.0221. The summed E-state index contributed by atoms with van der Waals surface area (Å²) in [6.07, 6.45) is 0. The zero-order valence-electron chi connectivity index (χ0n) is 10.1. The van der Waals surface area contributed by atoms with E-state index >= 15 is 0 Å². The smallest absolute Gasteiger partial charge is 0.231 e. The molecule has 0 aromatic heterocycles. The maximum absolute atomic E-state index is 12.6. The Morgan fingerprint density at radius 3 is 2.42 bits per heavy atom. The highest BCUT2D eigenvalue weighted by atomic mass is 16.7. The van der Waals surface area contributed by atoms with Crippen LogP contribution in [-0.2, 0) is 0 Å². The molecule has 0 fully saturated rings. The van der Waals surface area contributed by atoms with Crippen LogP contribution in [-0.4, -0.2) is 6.79 Å². The Labute approximate surface area is 109 Å². The zero-order valence-corrected chi connectivity index (χ0v) is 10.1. The van der Waals surface area contributed by atoms with E-state index in [-0.39, 0.29) is 12.2 Å². The molecule has 3 aromatic carbocycles. The molecule has 4 rings (SSSR count). The minimum Gasteiger partial charge on any atom is -0.454 e. The normalized spacial score (nSPS) is 13.1. The third kappa shape index (κ3) is 1.48. The topological polar surface area (TPSA) is 35.5 Å². The van der Waals surface area contributed by atoms with E-state index < -0.39 is 0 Å². The Balaban J connectivity index is 2.24. The summed E-state index contributed by atoms with van der Waals surface area (Å²) in [5, 5.41) is 3.18. The quantitative estimate of drug-likeness (QED) is 0.615. The molecule has 1 heterocycles. The summed E-state index contributed by atoms with van der Waals surface area (Å²) in [6.45, 7) is 0.215. The van der Waals surface area contributed by atoms with Gasteiger partial charge in [-0.15, -0.1) is 0 Å². The van der Waals surface area contributed by atoms with E-state index in [2.05, 4.69) is 0 Å². The number of rotatable bonds is 0. The number of hydrogen-bond acceptors (Lipinski definition) is 3. The first-order valence-electron chi connectivity index (χ1n) is 6.08. The van der Waals surface area contributed by atoms with Crippen LogP contribution in [0.3, 0.4) is 0 Å². The molecule has 1 aliphatic heterocycles. The lowest BCUT2D eigenvalue weighted by Crippen LogP contribution is -1.98. The van der Waals surface area contributed by atoms with Crippen molar-refractivity contribution in [3.63, 3.8) is 0 Å². The fourth-order valence-electron chi connectivity index (χ4n) is 2.47. The molecule has 0 spiro atoms. The van der Waals surface area contributed by atoms with Gasteiger partial charge in [0.1, 0.15) is 0 Å². The molecule has 0 atom stereocenters. The minimum absolute atomic E-state index is 0.0221. The molecule has 3 nitrogen and oxygen atoms in total. The van der Waals surface area contributed by atoms with E-state index in [9.17, 15) is 4.79 Å². The molecule has 3 heteroatoms. The van der Waals surface area contributed by atoms with Crippen molar-refractivity contribution < 1.29 is 9.47 Å². The van der Waals surface area contributed by atoms with Gasteiger partial charge in [0.2, 0.25) is 6.79 Å². The number of benzene rings is 2. The van der Waals surface area contributed by atoms with Gasteiger partial charge in [0.05, 0.1) is 0 Å². The zero-order chi connectivity index (χ0) is 12.8. The van der Waals surface area contributed by atoms with Gasteiger partial charge in [-0.3, -0.25) is 4.79 Å². The number of fused-ring (bicyclic) bond motifs is 3. The predicted molar refractivity (Wildman–Crippen MR) is 73.8 cm³/mol. The van der Waals surface area contributed by atoms with Crippen LogP contribution in [0.15, 0.2) is 53.3 Å². The highest BCUT2D eigenvalue weighted by Crippen LogP contribution is 2.35. The molecule has 0 saturated heterocycles. The lowest BCUT2D eigenvalue weighted by atomic mass is 10.1. The molecule has 0 unspecified atom stereocenters. The summed E-state index contributed by atoms with van der Waals surface area (Å²) < 4.78 is 10.7. The second-order valence-corrected chi connectivity index (χ2v) is 4.54. The maximum Gasteiger partial charge on any atom is 0.231 e. The van der Waals surface area contributed by atoms with E-state index in [0.717, 1.165) is 16.2 Å². The van der Waals surface area contributed by atoms with Crippen LogP contribution in [0, 0.1) is 0 Å². The summed E-state index contributed by atoms with van der Waals surface area (Å²) in [5.74, 6) is 1.34. The Morgan fingerprint density at radius 2 is 1.53 bits per heavy atom. The molecule has 0 amide bonds. The van der Waals surface area contributed by atoms with Crippen LogP contribution in [0.1, 0.15) is 0 Å². The van der Waals surface area contributed by atoms with Crippen molar-refractivity contribution in [1.82, 2.24) is 0 Å². The van der Waals surface area contributed by atoms with E-state index in [0.29, 0.717) is 16.9 Å². The van der Waals surface area contributed by atoms with Gasteiger partial charge in [-0.25, -0.2) is 0 Å². The molecular formula is C16H10O3. The van der Waals surface area contributed by atoms with Gasteiger partial charge in [0.25, 0.3) is 0 Å². The summed E-state index contributed by atoms with van der Waals surface area (Å²) in [7, 11) is 0. The van der Waals surface area contributed by atoms with E-state index in [1.807, 2.05) is 42.5 Å². The van der Waals surface area contributed by atoms with Crippen molar-refractivity contribution in [2.75, 3.05) is 6.79 Å². The lowest BCUT2D eigenvalue weighted by molar-refractivity contribution is 0.174. The molecular weight excluding hydrogens is 240 g/mol. The molecule has 0 bridgehead atoms. The number of hydrogen-bond donors (Lipinski definition) is 0. The molecule has 0 radical (unpaired) electrons. The minimum atomic E-state index is 0.0221. The van der Waals surface area contributed by atoms with Crippen molar-refractivity contribution in [1.29, 1.82) is 0 Å². The van der Waals surface area contributed by atoms with Gasteiger partial charge in [0.15, 0.2) is 16.9 Å². The third-order valence-electron chi connectivity index (χ3n) is 3.44. The molecule has 1 aliphatic rings. The molecule has 92 valence electrons. The third-order valence-corrected chi connectivity index (χ3v) is 3.44. The molecule has 0 saturated carbocycles. The average molecular weight is 250 g/mol.